The average molecular weight is 378 g/mol. The smallest absolute Gasteiger partial charge is 0.358 e. The molecular weight excluding hydrogens is 356 g/mol. The van der Waals surface area contributed by atoms with Gasteiger partial charge in [0.2, 0.25) is 0 Å². The van der Waals surface area contributed by atoms with Gasteiger partial charge in [-0.1, -0.05) is 42.5 Å². The van der Waals surface area contributed by atoms with Crippen LogP contribution in [-0.2, 0) is 17.7 Å². The van der Waals surface area contributed by atoms with Crippen molar-refractivity contribution >= 4 is 5.97 Å². The van der Waals surface area contributed by atoms with Gasteiger partial charge in [-0.05, 0) is 30.2 Å². The third kappa shape index (κ3) is 4.46. The minimum atomic E-state index is -0.534. The van der Waals surface area contributed by atoms with Crippen LogP contribution in [0.1, 0.15) is 34.2 Å². The molecule has 0 saturated carbocycles. The van der Waals surface area contributed by atoms with E-state index >= 15 is 0 Å². The van der Waals surface area contributed by atoms with Gasteiger partial charge in [-0.25, -0.2) is 9.78 Å². The summed E-state index contributed by atoms with van der Waals surface area (Å²) in [4.78, 5) is 29.1. The molecule has 3 rings (SSSR count). The maximum absolute atomic E-state index is 12.6. The molecule has 0 bridgehead atoms. The Morgan fingerprint density at radius 3 is 2.39 bits per heavy atom. The van der Waals surface area contributed by atoms with E-state index in [1.807, 2.05) is 54.6 Å². The molecule has 0 fully saturated rings. The van der Waals surface area contributed by atoms with Crippen LogP contribution < -0.4 is 10.3 Å². The molecule has 0 saturated heterocycles. The molecule has 0 unspecified atom stereocenters. The summed E-state index contributed by atoms with van der Waals surface area (Å²) in [7, 11) is 1.60. The Labute approximate surface area is 163 Å². The zero-order valence-corrected chi connectivity index (χ0v) is 15.9. The molecule has 144 valence electrons. The maximum Gasteiger partial charge on any atom is 0.358 e. The normalized spacial score (nSPS) is 10.5. The second kappa shape index (κ2) is 8.99. The second-order valence-corrected chi connectivity index (χ2v) is 6.21. The van der Waals surface area contributed by atoms with E-state index in [4.69, 9.17) is 9.47 Å². The van der Waals surface area contributed by atoms with Crippen molar-refractivity contribution in [1.82, 2.24) is 9.55 Å². The van der Waals surface area contributed by atoms with E-state index in [-0.39, 0.29) is 17.9 Å². The lowest BCUT2D eigenvalue weighted by molar-refractivity contribution is 0.0516. The summed E-state index contributed by atoms with van der Waals surface area (Å²) < 4.78 is 11.9. The molecule has 0 amide bonds. The van der Waals surface area contributed by atoms with E-state index in [9.17, 15) is 9.59 Å². The zero-order valence-electron chi connectivity index (χ0n) is 15.9. The van der Waals surface area contributed by atoms with Crippen molar-refractivity contribution in [3.63, 3.8) is 0 Å². The summed E-state index contributed by atoms with van der Waals surface area (Å²) in [5, 5.41) is 0. The number of aromatic nitrogens is 2. The van der Waals surface area contributed by atoms with Crippen molar-refractivity contribution < 1.29 is 14.3 Å². The van der Waals surface area contributed by atoms with Crippen molar-refractivity contribution in [3.05, 3.63) is 93.7 Å². The number of hydrogen-bond donors (Lipinski definition) is 0. The predicted molar refractivity (Wildman–Crippen MR) is 106 cm³/mol. The van der Waals surface area contributed by atoms with Gasteiger partial charge < -0.3 is 14.0 Å². The van der Waals surface area contributed by atoms with Crippen LogP contribution in [0.3, 0.4) is 0 Å². The maximum atomic E-state index is 12.6. The Balaban J connectivity index is 2.07. The molecule has 1 aromatic heterocycles. The monoisotopic (exact) mass is 378 g/mol. The molecule has 6 heteroatoms. The van der Waals surface area contributed by atoms with Crippen LogP contribution in [0.25, 0.3) is 0 Å². The fourth-order valence-corrected chi connectivity index (χ4v) is 2.95. The lowest BCUT2D eigenvalue weighted by Gasteiger charge is -2.16. The average Bonchev–Trinajstić information content (AvgIpc) is 2.72. The van der Waals surface area contributed by atoms with Crippen LogP contribution in [0.4, 0.5) is 0 Å². The summed E-state index contributed by atoms with van der Waals surface area (Å²) >= 11 is 0. The molecule has 0 aliphatic rings. The number of nitrogens with zero attached hydrogens (tertiary/aromatic N) is 2. The van der Waals surface area contributed by atoms with Gasteiger partial charge in [0.15, 0.2) is 5.69 Å². The minimum Gasteiger partial charge on any atom is -0.497 e. The van der Waals surface area contributed by atoms with Gasteiger partial charge in [0.1, 0.15) is 5.75 Å². The van der Waals surface area contributed by atoms with E-state index < -0.39 is 5.97 Å². The van der Waals surface area contributed by atoms with Crippen LogP contribution >= 0.6 is 0 Å². The number of carbonyl (C=O) groups is 1. The standard InChI is InChI=1S/C22H22N2O4/c1-3-28-22(26)21-19(13-16-9-11-18(27-2)12-10-16)24(20(25)14-23-21)15-17-7-5-4-6-8-17/h4-12,14H,3,13,15H2,1-2H3. The number of esters is 1. The van der Waals surface area contributed by atoms with Crippen molar-refractivity contribution in [3.8, 4) is 5.75 Å². The molecule has 0 atom stereocenters. The Morgan fingerprint density at radius 2 is 1.75 bits per heavy atom. The fourth-order valence-electron chi connectivity index (χ4n) is 2.95. The fraction of sp³-hybridized carbons (Fsp3) is 0.227. The number of carbonyl (C=O) groups excluding carboxylic acids is 1. The third-order valence-corrected chi connectivity index (χ3v) is 4.35. The van der Waals surface area contributed by atoms with Crippen molar-refractivity contribution in [2.75, 3.05) is 13.7 Å². The lowest BCUT2D eigenvalue weighted by atomic mass is 10.1. The molecule has 0 spiro atoms. The molecule has 0 aliphatic heterocycles. The highest BCUT2D eigenvalue weighted by atomic mass is 16.5. The van der Waals surface area contributed by atoms with E-state index in [0.717, 1.165) is 16.9 Å². The zero-order chi connectivity index (χ0) is 19.9. The van der Waals surface area contributed by atoms with Crippen LogP contribution in [0.15, 0.2) is 65.6 Å². The first kappa shape index (κ1) is 19.4. The highest BCUT2D eigenvalue weighted by molar-refractivity contribution is 5.88. The first-order valence-electron chi connectivity index (χ1n) is 9.05. The summed E-state index contributed by atoms with van der Waals surface area (Å²) in [6, 6.07) is 17.1. The highest BCUT2D eigenvalue weighted by Gasteiger charge is 2.20. The number of hydrogen-bond acceptors (Lipinski definition) is 5. The van der Waals surface area contributed by atoms with Gasteiger partial charge >= 0.3 is 5.97 Å². The number of benzene rings is 2. The molecule has 0 radical (unpaired) electrons. The number of methoxy groups -OCH3 is 1. The molecule has 3 aromatic rings. The Bertz CT molecular complexity index is 995. The van der Waals surface area contributed by atoms with E-state index in [2.05, 4.69) is 4.98 Å². The minimum absolute atomic E-state index is 0.160. The van der Waals surface area contributed by atoms with Gasteiger partial charge in [-0.15, -0.1) is 0 Å². The topological polar surface area (TPSA) is 70.4 Å². The number of rotatable bonds is 7. The summed E-state index contributed by atoms with van der Waals surface area (Å²) in [6.07, 6.45) is 1.54. The second-order valence-electron chi connectivity index (χ2n) is 6.21. The van der Waals surface area contributed by atoms with E-state index in [1.165, 1.54) is 6.20 Å². The molecule has 0 N–H and O–H groups in total. The lowest BCUT2D eigenvalue weighted by Crippen LogP contribution is -2.28. The molecular formula is C22H22N2O4. The Morgan fingerprint density at radius 1 is 1.04 bits per heavy atom. The largest absolute Gasteiger partial charge is 0.497 e. The predicted octanol–water partition coefficient (Wildman–Crippen LogP) is 3.07. The molecule has 6 nitrogen and oxygen atoms in total. The van der Waals surface area contributed by atoms with Gasteiger partial charge in [-0.3, -0.25) is 4.79 Å². The number of ether oxygens (including phenoxy) is 2. The molecule has 28 heavy (non-hydrogen) atoms. The van der Waals surface area contributed by atoms with Gasteiger partial charge in [0.25, 0.3) is 5.56 Å². The molecule has 1 heterocycles. The van der Waals surface area contributed by atoms with Crippen molar-refractivity contribution in [2.24, 2.45) is 0 Å². The quantitative estimate of drug-likeness (QED) is 0.591. The van der Waals surface area contributed by atoms with Gasteiger partial charge in [0, 0.05) is 6.42 Å². The molecule has 2 aromatic carbocycles. The Hall–Kier alpha value is -3.41. The molecule has 0 aliphatic carbocycles. The van der Waals surface area contributed by atoms with Crippen molar-refractivity contribution in [2.45, 2.75) is 19.9 Å². The van der Waals surface area contributed by atoms with Crippen LogP contribution in [0, 0.1) is 0 Å². The van der Waals surface area contributed by atoms with Crippen LogP contribution in [-0.4, -0.2) is 29.2 Å². The first-order chi connectivity index (χ1) is 13.6. The van der Waals surface area contributed by atoms with Gasteiger partial charge in [0.05, 0.1) is 32.2 Å². The summed E-state index contributed by atoms with van der Waals surface area (Å²) in [5.41, 5.74) is 2.32. The van der Waals surface area contributed by atoms with E-state index in [1.54, 1.807) is 18.6 Å². The summed E-state index contributed by atoms with van der Waals surface area (Å²) in [6.45, 7) is 2.32. The highest BCUT2D eigenvalue weighted by Crippen LogP contribution is 2.17. The SMILES string of the molecule is CCOC(=O)c1ncc(=O)n(Cc2ccccc2)c1Cc1ccc(OC)cc1. The third-order valence-electron chi connectivity index (χ3n) is 4.35. The van der Waals surface area contributed by atoms with Crippen LogP contribution in [0.5, 0.6) is 5.75 Å². The Kier molecular flexibility index (Phi) is 6.22. The van der Waals surface area contributed by atoms with Crippen molar-refractivity contribution in [1.29, 1.82) is 0 Å². The van der Waals surface area contributed by atoms with E-state index in [0.29, 0.717) is 18.7 Å². The first-order valence-corrected chi connectivity index (χ1v) is 9.05. The van der Waals surface area contributed by atoms with Crippen LogP contribution in [0.2, 0.25) is 0 Å². The summed E-state index contributed by atoms with van der Waals surface area (Å²) in [5.74, 6) is 0.204. The van der Waals surface area contributed by atoms with Gasteiger partial charge in [-0.2, -0.15) is 0 Å².